The molecule has 3 fully saturated rings. The number of carbonyl (C=O) groups excluding carboxylic acids is 1. The number of nitrogens with zero attached hydrogens (tertiary/aromatic N) is 2. The molecule has 1 aliphatic carbocycles. The van der Waals surface area contributed by atoms with E-state index in [1.165, 1.54) is 32.2 Å². The van der Waals surface area contributed by atoms with E-state index >= 15 is 0 Å². The van der Waals surface area contributed by atoms with Gasteiger partial charge in [0.05, 0.1) is 6.04 Å². The second-order valence-corrected chi connectivity index (χ2v) is 7.26. The van der Waals surface area contributed by atoms with E-state index in [1.807, 2.05) is 7.05 Å². The van der Waals surface area contributed by atoms with Crippen molar-refractivity contribution in [1.82, 2.24) is 15.1 Å². The molecule has 3 unspecified atom stereocenters. The monoisotopic (exact) mass is 293 g/mol. The normalized spacial score (nSPS) is 34.1. The molecule has 1 saturated carbocycles. The molecule has 2 aliphatic heterocycles. The Balaban J connectivity index is 1.53. The van der Waals surface area contributed by atoms with Crippen molar-refractivity contribution in [1.29, 1.82) is 0 Å². The van der Waals surface area contributed by atoms with E-state index in [2.05, 4.69) is 22.0 Å². The summed E-state index contributed by atoms with van der Waals surface area (Å²) in [6.07, 6.45) is 7.40. The van der Waals surface area contributed by atoms with Gasteiger partial charge in [-0.2, -0.15) is 0 Å². The summed E-state index contributed by atoms with van der Waals surface area (Å²) in [6, 6.07) is 0.559. The van der Waals surface area contributed by atoms with E-state index in [4.69, 9.17) is 0 Å². The summed E-state index contributed by atoms with van der Waals surface area (Å²) in [5.41, 5.74) is 0. The standard InChI is InChI=1S/C17H31N3O/c1-3-9-20-10-7-14(8-11-20)19(2)17(21)16-15-6-4-5-13(15)12-18-16/h13-16,18H,3-12H2,1-2H3. The van der Waals surface area contributed by atoms with Gasteiger partial charge in [-0.1, -0.05) is 13.3 Å². The highest BCUT2D eigenvalue weighted by atomic mass is 16.2. The Morgan fingerprint density at radius 1 is 1.24 bits per heavy atom. The number of hydrogen-bond donors (Lipinski definition) is 1. The van der Waals surface area contributed by atoms with Gasteiger partial charge in [0.15, 0.2) is 0 Å². The van der Waals surface area contributed by atoms with Gasteiger partial charge < -0.3 is 15.1 Å². The molecule has 120 valence electrons. The highest BCUT2D eigenvalue weighted by molar-refractivity contribution is 5.82. The minimum atomic E-state index is 0.108. The molecule has 3 aliphatic rings. The first-order valence-corrected chi connectivity index (χ1v) is 8.93. The number of likely N-dealkylation sites (N-methyl/N-ethyl adjacent to an activating group) is 1. The predicted molar refractivity (Wildman–Crippen MR) is 85.1 cm³/mol. The van der Waals surface area contributed by atoms with Gasteiger partial charge in [-0.15, -0.1) is 0 Å². The zero-order valence-corrected chi connectivity index (χ0v) is 13.7. The van der Waals surface area contributed by atoms with Crippen LogP contribution < -0.4 is 5.32 Å². The number of nitrogens with one attached hydrogen (secondary N) is 1. The Labute approximate surface area is 129 Å². The summed E-state index contributed by atoms with van der Waals surface area (Å²) in [7, 11) is 2.03. The van der Waals surface area contributed by atoms with Crippen molar-refractivity contribution < 1.29 is 4.79 Å². The van der Waals surface area contributed by atoms with Gasteiger partial charge in [-0.25, -0.2) is 0 Å². The highest BCUT2D eigenvalue weighted by Gasteiger charge is 2.44. The van der Waals surface area contributed by atoms with Crippen LogP contribution in [0.15, 0.2) is 0 Å². The van der Waals surface area contributed by atoms with Crippen LogP contribution in [-0.4, -0.2) is 61.0 Å². The number of hydrogen-bond acceptors (Lipinski definition) is 3. The number of likely N-dealkylation sites (tertiary alicyclic amines) is 1. The minimum absolute atomic E-state index is 0.108. The fraction of sp³-hybridized carbons (Fsp3) is 0.941. The van der Waals surface area contributed by atoms with E-state index in [0.717, 1.165) is 38.4 Å². The molecule has 21 heavy (non-hydrogen) atoms. The fourth-order valence-electron chi connectivity index (χ4n) is 4.70. The highest BCUT2D eigenvalue weighted by Crippen LogP contribution is 2.38. The minimum Gasteiger partial charge on any atom is -0.341 e. The van der Waals surface area contributed by atoms with Crippen LogP contribution in [0.5, 0.6) is 0 Å². The van der Waals surface area contributed by atoms with Crippen LogP contribution in [0.4, 0.5) is 0 Å². The van der Waals surface area contributed by atoms with E-state index < -0.39 is 0 Å². The van der Waals surface area contributed by atoms with Crippen LogP contribution in [0.2, 0.25) is 0 Å². The van der Waals surface area contributed by atoms with Gasteiger partial charge in [0.1, 0.15) is 0 Å². The van der Waals surface area contributed by atoms with Gasteiger partial charge in [-0.05, 0) is 57.0 Å². The van der Waals surface area contributed by atoms with Gasteiger partial charge in [-0.3, -0.25) is 4.79 Å². The molecule has 0 aromatic carbocycles. The third kappa shape index (κ3) is 3.11. The number of piperidine rings is 1. The Bertz CT molecular complexity index is 365. The largest absolute Gasteiger partial charge is 0.341 e. The van der Waals surface area contributed by atoms with Crippen molar-refractivity contribution in [2.24, 2.45) is 11.8 Å². The molecule has 1 N–H and O–H groups in total. The van der Waals surface area contributed by atoms with Crippen LogP contribution >= 0.6 is 0 Å². The average Bonchev–Trinajstić information content (AvgIpc) is 3.10. The van der Waals surface area contributed by atoms with E-state index in [-0.39, 0.29) is 6.04 Å². The molecule has 4 nitrogen and oxygen atoms in total. The zero-order chi connectivity index (χ0) is 14.8. The van der Waals surface area contributed by atoms with Crippen LogP contribution in [-0.2, 0) is 4.79 Å². The zero-order valence-electron chi connectivity index (χ0n) is 13.7. The van der Waals surface area contributed by atoms with Crippen molar-refractivity contribution in [3.63, 3.8) is 0 Å². The number of rotatable bonds is 4. The average molecular weight is 293 g/mol. The van der Waals surface area contributed by atoms with Gasteiger partial charge in [0, 0.05) is 26.2 Å². The second kappa shape index (κ2) is 6.66. The molecule has 2 saturated heterocycles. The summed E-state index contributed by atoms with van der Waals surface area (Å²) in [4.78, 5) is 17.5. The first kappa shape index (κ1) is 15.3. The molecule has 0 bridgehead atoms. The predicted octanol–water partition coefficient (Wildman–Crippen LogP) is 1.71. The Morgan fingerprint density at radius 3 is 2.71 bits per heavy atom. The van der Waals surface area contributed by atoms with Crippen LogP contribution in [0, 0.1) is 11.8 Å². The molecular weight excluding hydrogens is 262 g/mol. The Hall–Kier alpha value is -0.610. The molecule has 4 heteroatoms. The lowest BCUT2D eigenvalue weighted by Gasteiger charge is -2.38. The summed E-state index contributed by atoms with van der Waals surface area (Å²) >= 11 is 0. The maximum atomic E-state index is 12.8. The van der Waals surface area contributed by atoms with Crippen molar-refractivity contribution >= 4 is 5.91 Å². The molecule has 3 rings (SSSR count). The van der Waals surface area contributed by atoms with Crippen molar-refractivity contribution in [2.75, 3.05) is 33.2 Å². The lowest BCUT2D eigenvalue weighted by molar-refractivity contribution is -0.135. The molecule has 2 heterocycles. The van der Waals surface area contributed by atoms with Gasteiger partial charge in [0.2, 0.25) is 5.91 Å². The van der Waals surface area contributed by atoms with Crippen LogP contribution in [0.3, 0.4) is 0 Å². The molecule has 0 spiro atoms. The summed E-state index contributed by atoms with van der Waals surface area (Å²) in [6.45, 7) is 6.81. The molecule has 3 atom stereocenters. The molecule has 0 aromatic heterocycles. The molecule has 1 amide bonds. The topological polar surface area (TPSA) is 35.6 Å². The molecular formula is C17H31N3O. The van der Waals surface area contributed by atoms with Gasteiger partial charge >= 0.3 is 0 Å². The number of amides is 1. The van der Waals surface area contributed by atoms with Crippen LogP contribution in [0.1, 0.15) is 45.4 Å². The van der Waals surface area contributed by atoms with Gasteiger partial charge in [0.25, 0.3) is 0 Å². The summed E-state index contributed by atoms with van der Waals surface area (Å²) in [5.74, 6) is 1.73. The second-order valence-electron chi connectivity index (χ2n) is 7.26. The lowest BCUT2D eigenvalue weighted by Crippen LogP contribution is -2.51. The quantitative estimate of drug-likeness (QED) is 0.857. The maximum absolute atomic E-state index is 12.8. The first-order valence-electron chi connectivity index (χ1n) is 8.93. The van der Waals surface area contributed by atoms with E-state index in [9.17, 15) is 4.79 Å². The fourth-order valence-corrected chi connectivity index (χ4v) is 4.70. The van der Waals surface area contributed by atoms with Crippen LogP contribution in [0.25, 0.3) is 0 Å². The first-order chi connectivity index (χ1) is 10.2. The molecule has 0 radical (unpaired) electrons. The SMILES string of the molecule is CCCN1CCC(N(C)C(=O)C2NCC3CCCC32)CC1. The third-order valence-electron chi connectivity index (χ3n) is 6.00. The smallest absolute Gasteiger partial charge is 0.239 e. The summed E-state index contributed by atoms with van der Waals surface area (Å²) < 4.78 is 0. The molecule has 0 aromatic rings. The van der Waals surface area contributed by atoms with E-state index in [0.29, 0.717) is 17.9 Å². The van der Waals surface area contributed by atoms with Crippen molar-refractivity contribution in [3.8, 4) is 0 Å². The third-order valence-corrected chi connectivity index (χ3v) is 6.00. The van der Waals surface area contributed by atoms with Crippen molar-refractivity contribution in [3.05, 3.63) is 0 Å². The number of carbonyl (C=O) groups is 1. The maximum Gasteiger partial charge on any atom is 0.239 e. The van der Waals surface area contributed by atoms with Crippen molar-refractivity contribution in [2.45, 2.75) is 57.5 Å². The number of fused-ring (bicyclic) bond motifs is 1. The summed E-state index contributed by atoms with van der Waals surface area (Å²) in [5, 5.41) is 3.51. The Kier molecular flexibility index (Phi) is 4.85. The van der Waals surface area contributed by atoms with E-state index in [1.54, 1.807) is 0 Å². The lowest BCUT2D eigenvalue weighted by atomic mass is 9.92. The Morgan fingerprint density at radius 2 is 2.00 bits per heavy atom.